The molecule has 3 aromatic heterocycles. The van der Waals surface area contributed by atoms with Crippen LogP contribution in [-0.2, 0) is 12.8 Å². The molecule has 1 aliphatic carbocycles. The zero-order valence-corrected chi connectivity index (χ0v) is 20.4. The van der Waals surface area contributed by atoms with Crippen LogP contribution in [0.3, 0.4) is 0 Å². The number of rotatable bonds is 5. The molecule has 3 N–H and O–H groups in total. The average molecular weight is 507 g/mol. The van der Waals surface area contributed by atoms with E-state index in [9.17, 15) is 4.79 Å². The van der Waals surface area contributed by atoms with Gasteiger partial charge >= 0.3 is 6.03 Å². The normalized spacial score (nSPS) is 16.5. The quantitative estimate of drug-likeness (QED) is 0.376. The first-order chi connectivity index (χ1) is 17.2. The fourth-order valence-corrected chi connectivity index (χ4v) is 5.94. The Morgan fingerprint density at radius 3 is 2.89 bits per heavy atom. The highest BCUT2D eigenvalue weighted by atomic mass is 35.5. The molecule has 2 aliphatic rings. The van der Waals surface area contributed by atoms with E-state index >= 15 is 0 Å². The van der Waals surface area contributed by atoms with Crippen molar-refractivity contribution in [3.8, 4) is 27.5 Å². The minimum absolute atomic E-state index is 0.244. The number of anilines is 1. The zero-order chi connectivity index (χ0) is 23.8. The molecule has 0 unspecified atom stereocenters. The van der Waals surface area contributed by atoms with E-state index in [1.165, 1.54) is 17.7 Å². The number of carbonyl (C=O) groups is 1. The Hall–Kier alpha value is -3.34. The second kappa shape index (κ2) is 9.37. The standard InChI is InChI=1S/C24H23ClN8OS/c25-17-5-1-2-6-19(17)33-21-16(20(32-33)14-10-26-13-27-11-14)7-8-18-22(21)35-24(30-18)31-23(34)29-12-15-4-3-9-28-15/h1-2,5-6,10-11,13,15,28H,3-4,7-9,12H2,(H2,29,30,31,34)/t15-/m0/s1. The molecular weight excluding hydrogens is 484 g/mol. The molecule has 4 aromatic rings. The lowest BCUT2D eigenvalue weighted by atomic mass is 9.96. The molecule has 0 spiro atoms. The molecule has 1 saturated heterocycles. The summed E-state index contributed by atoms with van der Waals surface area (Å²) in [6, 6.07) is 7.72. The van der Waals surface area contributed by atoms with Gasteiger partial charge in [0.1, 0.15) is 6.33 Å². The van der Waals surface area contributed by atoms with Gasteiger partial charge < -0.3 is 10.6 Å². The summed E-state index contributed by atoms with van der Waals surface area (Å²) >= 11 is 8.03. The number of nitrogens with zero attached hydrogens (tertiary/aromatic N) is 5. The first-order valence-corrected chi connectivity index (χ1v) is 12.8. The Morgan fingerprint density at radius 2 is 2.09 bits per heavy atom. The Kier molecular flexibility index (Phi) is 5.93. The van der Waals surface area contributed by atoms with Gasteiger partial charge in [0.2, 0.25) is 0 Å². The van der Waals surface area contributed by atoms with Crippen LogP contribution in [0.1, 0.15) is 24.1 Å². The fourth-order valence-electron chi connectivity index (χ4n) is 4.66. The number of hydrogen-bond donors (Lipinski definition) is 3. The van der Waals surface area contributed by atoms with E-state index in [-0.39, 0.29) is 6.03 Å². The number of benzene rings is 1. The van der Waals surface area contributed by atoms with Crippen molar-refractivity contribution in [2.45, 2.75) is 31.7 Å². The first-order valence-electron chi connectivity index (χ1n) is 11.6. The van der Waals surface area contributed by atoms with E-state index < -0.39 is 0 Å². The number of para-hydroxylation sites is 1. The van der Waals surface area contributed by atoms with Crippen LogP contribution < -0.4 is 16.0 Å². The summed E-state index contributed by atoms with van der Waals surface area (Å²) in [5.41, 5.74) is 5.44. The number of aromatic nitrogens is 5. The van der Waals surface area contributed by atoms with Crippen molar-refractivity contribution < 1.29 is 4.79 Å². The molecule has 4 heterocycles. The van der Waals surface area contributed by atoms with Gasteiger partial charge in [-0.25, -0.2) is 24.4 Å². The second-order valence-electron chi connectivity index (χ2n) is 8.59. The predicted molar refractivity (Wildman–Crippen MR) is 136 cm³/mol. The van der Waals surface area contributed by atoms with Gasteiger partial charge in [-0.15, -0.1) is 0 Å². The van der Waals surface area contributed by atoms with Crippen molar-refractivity contribution in [1.82, 2.24) is 35.4 Å². The van der Waals surface area contributed by atoms with Crippen molar-refractivity contribution in [2.75, 3.05) is 18.4 Å². The van der Waals surface area contributed by atoms with Crippen LogP contribution in [-0.4, -0.2) is 49.9 Å². The zero-order valence-electron chi connectivity index (χ0n) is 18.8. The van der Waals surface area contributed by atoms with E-state index in [2.05, 4.69) is 25.9 Å². The lowest BCUT2D eigenvalue weighted by Crippen LogP contribution is -2.39. The lowest BCUT2D eigenvalue weighted by molar-refractivity contribution is 0.251. The molecule has 6 rings (SSSR count). The number of amides is 2. The van der Waals surface area contributed by atoms with Gasteiger partial charge in [-0.05, 0) is 44.4 Å². The number of nitrogens with one attached hydrogen (secondary N) is 3. The maximum absolute atomic E-state index is 12.5. The largest absolute Gasteiger partial charge is 0.336 e. The van der Waals surface area contributed by atoms with Crippen LogP contribution in [0.25, 0.3) is 27.5 Å². The molecule has 9 nitrogen and oxygen atoms in total. The molecule has 0 saturated carbocycles. The van der Waals surface area contributed by atoms with Crippen LogP contribution in [0, 0.1) is 0 Å². The summed E-state index contributed by atoms with van der Waals surface area (Å²) < 4.78 is 1.88. The molecule has 1 aromatic carbocycles. The third-order valence-corrected chi connectivity index (χ3v) is 7.65. The summed E-state index contributed by atoms with van der Waals surface area (Å²) in [6.45, 7) is 1.61. The molecule has 2 amide bonds. The van der Waals surface area contributed by atoms with Crippen molar-refractivity contribution >= 4 is 34.1 Å². The molecule has 1 aliphatic heterocycles. The fraction of sp³-hybridized carbons (Fsp3) is 0.292. The molecular formula is C24H23ClN8OS. The minimum atomic E-state index is -0.244. The van der Waals surface area contributed by atoms with Gasteiger partial charge in [-0.2, -0.15) is 5.10 Å². The van der Waals surface area contributed by atoms with E-state index in [0.717, 1.165) is 71.0 Å². The van der Waals surface area contributed by atoms with E-state index in [1.807, 2.05) is 28.9 Å². The van der Waals surface area contributed by atoms with Gasteiger partial charge in [0, 0.05) is 36.1 Å². The van der Waals surface area contributed by atoms with E-state index in [4.69, 9.17) is 21.7 Å². The number of thiazole rings is 1. The topological polar surface area (TPSA) is 110 Å². The van der Waals surface area contributed by atoms with Gasteiger partial charge in [0.05, 0.1) is 32.7 Å². The number of halogens is 1. The minimum Gasteiger partial charge on any atom is -0.336 e. The van der Waals surface area contributed by atoms with Gasteiger partial charge in [0.25, 0.3) is 0 Å². The van der Waals surface area contributed by atoms with Gasteiger partial charge in [-0.1, -0.05) is 35.1 Å². The van der Waals surface area contributed by atoms with Crippen molar-refractivity contribution in [3.05, 3.63) is 59.3 Å². The summed E-state index contributed by atoms with van der Waals surface area (Å²) in [5, 5.41) is 15.4. The molecule has 11 heteroatoms. The van der Waals surface area contributed by atoms with Crippen LogP contribution in [0.15, 0.2) is 43.0 Å². The smallest absolute Gasteiger partial charge is 0.321 e. The number of aryl methyl sites for hydroxylation is 1. The lowest BCUT2D eigenvalue weighted by Gasteiger charge is -2.14. The van der Waals surface area contributed by atoms with E-state index in [1.54, 1.807) is 12.4 Å². The van der Waals surface area contributed by atoms with Crippen LogP contribution >= 0.6 is 22.9 Å². The monoisotopic (exact) mass is 506 g/mol. The number of hydrogen-bond acceptors (Lipinski definition) is 7. The van der Waals surface area contributed by atoms with Gasteiger partial charge in [-0.3, -0.25) is 5.32 Å². The highest BCUT2D eigenvalue weighted by Gasteiger charge is 2.30. The highest BCUT2D eigenvalue weighted by molar-refractivity contribution is 7.19. The number of urea groups is 1. The summed E-state index contributed by atoms with van der Waals surface area (Å²) in [6.07, 6.45) is 8.79. The van der Waals surface area contributed by atoms with E-state index in [0.29, 0.717) is 22.7 Å². The summed E-state index contributed by atoms with van der Waals surface area (Å²) in [5.74, 6) is 0. The van der Waals surface area contributed by atoms with Crippen LogP contribution in [0.5, 0.6) is 0 Å². The highest BCUT2D eigenvalue weighted by Crippen LogP contribution is 2.44. The third kappa shape index (κ3) is 4.29. The second-order valence-corrected chi connectivity index (χ2v) is 10.00. The average Bonchev–Trinajstić information content (AvgIpc) is 3.62. The summed E-state index contributed by atoms with van der Waals surface area (Å²) in [4.78, 5) is 26.6. The summed E-state index contributed by atoms with van der Waals surface area (Å²) in [7, 11) is 0. The first kappa shape index (κ1) is 22.1. The van der Waals surface area contributed by atoms with Crippen LogP contribution in [0.4, 0.5) is 9.93 Å². The maximum atomic E-state index is 12.5. The van der Waals surface area contributed by atoms with Crippen molar-refractivity contribution in [2.24, 2.45) is 0 Å². The van der Waals surface area contributed by atoms with Crippen LogP contribution in [0.2, 0.25) is 5.02 Å². The Labute approximate surface area is 211 Å². The van der Waals surface area contributed by atoms with Gasteiger partial charge in [0.15, 0.2) is 5.13 Å². The van der Waals surface area contributed by atoms with Crippen molar-refractivity contribution in [3.63, 3.8) is 0 Å². The Bertz CT molecular complexity index is 1380. The molecule has 35 heavy (non-hydrogen) atoms. The maximum Gasteiger partial charge on any atom is 0.321 e. The third-order valence-electron chi connectivity index (χ3n) is 6.31. The molecule has 1 atom stereocenters. The molecule has 1 fully saturated rings. The van der Waals surface area contributed by atoms with Crippen molar-refractivity contribution in [1.29, 1.82) is 0 Å². The molecule has 178 valence electrons. The predicted octanol–water partition coefficient (Wildman–Crippen LogP) is 4.08. The molecule has 0 bridgehead atoms. The molecule has 0 radical (unpaired) electrons. The Balaban J connectivity index is 1.36. The number of carbonyl (C=O) groups excluding carboxylic acids is 1. The number of fused-ring (bicyclic) bond motifs is 3. The SMILES string of the molecule is O=C(NC[C@@H]1CCCN1)Nc1nc2c(s1)-c1c(c(-c3cncnc3)nn1-c1ccccc1Cl)CC2. The Morgan fingerprint density at radius 1 is 1.23 bits per heavy atom.